The van der Waals surface area contributed by atoms with Crippen LogP contribution in [0.25, 0.3) is 11.1 Å². The number of carbonyl (C=O) groups is 1. The van der Waals surface area contributed by atoms with Gasteiger partial charge in [0.25, 0.3) is 0 Å². The van der Waals surface area contributed by atoms with Crippen molar-refractivity contribution in [3.05, 3.63) is 89.5 Å². The summed E-state index contributed by atoms with van der Waals surface area (Å²) in [4.78, 5) is 17.5. The number of nitrogens with zero attached hydrogens (tertiary/aromatic N) is 1. The first-order valence-corrected chi connectivity index (χ1v) is 12.1. The van der Waals surface area contributed by atoms with Crippen molar-refractivity contribution < 1.29 is 31.2 Å². The minimum atomic E-state index is -5.06. The predicted molar refractivity (Wildman–Crippen MR) is 129 cm³/mol. The monoisotopic (exact) mass is 531 g/mol. The number of oxime groups is 1. The second-order valence-corrected chi connectivity index (χ2v) is 9.78. The Morgan fingerprint density at radius 2 is 1.62 bits per heavy atom. The molecule has 192 valence electrons. The first kappa shape index (κ1) is 25.9. The molecule has 9 nitrogen and oxygen atoms in total. The molecular weight excluding hydrogens is 511 g/mol. The molecule has 1 aliphatic rings. The zero-order valence-electron chi connectivity index (χ0n) is 18.9. The Labute approximate surface area is 209 Å². The van der Waals surface area contributed by atoms with E-state index in [0.29, 0.717) is 5.56 Å². The molecule has 3 aromatic rings. The molecule has 13 heteroatoms. The van der Waals surface area contributed by atoms with Crippen molar-refractivity contribution in [1.29, 1.82) is 5.41 Å². The first-order valence-electron chi connectivity index (χ1n) is 10.6. The van der Waals surface area contributed by atoms with E-state index in [4.69, 9.17) is 26.9 Å². The van der Waals surface area contributed by atoms with Crippen molar-refractivity contribution in [2.24, 2.45) is 21.8 Å². The second kappa shape index (κ2) is 9.01. The smallest absolute Gasteiger partial charge is 0.384 e. The predicted octanol–water partition coefficient (Wildman–Crippen LogP) is 2.37. The Bertz CT molecular complexity index is 1540. The number of primary amides is 1. The van der Waals surface area contributed by atoms with E-state index in [1.165, 1.54) is 66.7 Å². The van der Waals surface area contributed by atoms with Gasteiger partial charge in [0, 0.05) is 16.7 Å². The fraction of sp³-hybridized carbons (Fsp3) is 0.125. The van der Waals surface area contributed by atoms with Crippen LogP contribution in [0.2, 0.25) is 0 Å². The van der Waals surface area contributed by atoms with Crippen LogP contribution in [-0.2, 0) is 25.1 Å². The summed E-state index contributed by atoms with van der Waals surface area (Å²) in [5.41, 5.74) is 8.71. The van der Waals surface area contributed by atoms with E-state index in [1.807, 2.05) is 0 Å². The number of hydrogen-bond donors (Lipinski definition) is 4. The fourth-order valence-electron chi connectivity index (χ4n) is 4.34. The van der Waals surface area contributed by atoms with Gasteiger partial charge >= 0.3 is 6.18 Å². The van der Waals surface area contributed by atoms with Gasteiger partial charge in [-0.3, -0.25) is 10.2 Å². The van der Waals surface area contributed by atoms with Crippen LogP contribution in [0.1, 0.15) is 16.7 Å². The van der Waals surface area contributed by atoms with Crippen LogP contribution in [-0.4, -0.2) is 38.2 Å². The summed E-state index contributed by atoms with van der Waals surface area (Å²) in [7, 11) is -4.11. The molecule has 37 heavy (non-hydrogen) atoms. The Morgan fingerprint density at radius 1 is 0.973 bits per heavy atom. The number of halogens is 3. The van der Waals surface area contributed by atoms with Crippen molar-refractivity contribution in [3.63, 3.8) is 0 Å². The maximum atomic E-state index is 14.2. The minimum Gasteiger partial charge on any atom is -0.384 e. The number of rotatable bonds is 6. The summed E-state index contributed by atoms with van der Waals surface area (Å²) in [6, 6.07) is 16.5. The number of benzene rings is 3. The highest BCUT2D eigenvalue weighted by Gasteiger charge is 2.66. The fourth-order valence-corrected chi connectivity index (χ4v) is 5.10. The van der Waals surface area contributed by atoms with Crippen LogP contribution < -0.4 is 16.6 Å². The third-order valence-corrected chi connectivity index (χ3v) is 6.96. The Balaban J connectivity index is 1.92. The highest BCUT2D eigenvalue weighted by molar-refractivity contribution is 7.89. The number of amides is 1. The molecule has 3 aromatic carbocycles. The Morgan fingerprint density at radius 3 is 2.19 bits per heavy atom. The van der Waals surface area contributed by atoms with Crippen LogP contribution in [0.3, 0.4) is 0 Å². The van der Waals surface area contributed by atoms with Crippen LogP contribution in [0, 0.1) is 5.41 Å². The van der Waals surface area contributed by atoms with Crippen LogP contribution in [0.5, 0.6) is 0 Å². The highest BCUT2D eigenvalue weighted by Crippen LogP contribution is 2.46. The van der Waals surface area contributed by atoms with Crippen molar-refractivity contribution in [1.82, 2.24) is 0 Å². The van der Waals surface area contributed by atoms with E-state index < -0.39 is 39.3 Å². The van der Waals surface area contributed by atoms with Gasteiger partial charge in [-0.15, -0.1) is 0 Å². The lowest BCUT2D eigenvalue weighted by Gasteiger charge is -2.33. The average Bonchev–Trinajstić information content (AvgIpc) is 3.26. The first-order chi connectivity index (χ1) is 17.3. The number of carbonyl (C=O) groups excluding carboxylic acids is 1. The van der Waals surface area contributed by atoms with Crippen LogP contribution in [0.4, 0.5) is 13.2 Å². The largest absolute Gasteiger partial charge is 0.429 e. The number of nitrogens with one attached hydrogen (secondary N) is 1. The van der Waals surface area contributed by atoms with Gasteiger partial charge in [-0.1, -0.05) is 65.8 Å². The number of sulfonamides is 1. The topological polar surface area (TPSA) is 175 Å². The number of amidine groups is 1. The molecule has 0 aromatic heterocycles. The molecule has 0 radical (unpaired) electrons. The molecule has 0 aliphatic carbocycles. The molecule has 0 fully saturated rings. The Kier molecular flexibility index (Phi) is 6.30. The zero-order valence-corrected chi connectivity index (χ0v) is 19.7. The molecular formula is C24H20F3N5O4S. The molecule has 0 saturated carbocycles. The summed E-state index contributed by atoms with van der Waals surface area (Å²) < 4.78 is 66.6. The molecule has 2 atom stereocenters. The van der Waals surface area contributed by atoms with Gasteiger partial charge in [-0.25, -0.2) is 13.6 Å². The van der Waals surface area contributed by atoms with Crippen molar-refractivity contribution >= 4 is 27.5 Å². The summed E-state index contributed by atoms with van der Waals surface area (Å²) in [6.07, 6.45) is -7.81. The maximum Gasteiger partial charge on any atom is 0.429 e. The molecule has 7 N–H and O–H groups in total. The number of nitrogens with two attached hydrogens (primary N) is 3. The van der Waals surface area contributed by atoms with Crippen molar-refractivity contribution in [3.8, 4) is 11.1 Å². The quantitative estimate of drug-likeness (QED) is 0.282. The van der Waals surface area contributed by atoms with Gasteiger partial charge in [-0.2, -0.15) is 13.2 Å². The van der Waals surface area contributed by atoms with E-state index in [9.17, 15) is 26.4 Å². The molecule has 1 aliphatic heterocycles. The van der Waals surface area contributed by atoms with Crippen molar-refractivity contribution in [2.45, 2.75) is 22.6 Å². The number of nitrogen functional groups attached to an aromatic ring is 1. The SMILES string of the molecule is N=C(N)c1cccc(C2=NOC(C(F)(F)F)C2(C(N)=O)c2ccc(-c3ccccc3S(N)(=O)=O)cc2)c1. The van der Waals surface area contributed by atoms with Gasteiger partial charge in [0.2, 0.25) is 22.0 Å². The average molecular weight is 532 g/mol. The second-order valence-electron chi connectivity index (χ2n) is 8.25. The number of hydrogen-bond acceptors (Lipinski definition) is 6. The van der Waals surface area contributed by atoms with E-state index in [-0.39, 0.29) is 33.0 Å². The normalized spacial score (nSPS) is 19.7. The number of alkyl halides is 3. The van der Waals surface area contributed by atoms with Gasteiger partial charge in [-0.05, 0) is 23.3 Å². The van der Waals surface area contributed by atoms with Crippen LogP contribution in [0.15, 0.2) is 82.8 Å². The lowest BCUT2D eigenvalue weighted by Crippen LogP contribution is -2.58. The highest BCUT2D eigenvalue weighted by atomic mass is 32.2. The van der Waals surface area contributed by atoms with E-state index >= 15 is 0 Å². The standard InChI is InChI=1S/C24H20F3N5O4S/c25-24(26,27)21-23(22(30)33,19(32-36-21)14-4-3-5-15(12-14)20(28)29)16-10-8-13(9-11-16)17-6-1-2-7-18(17)37(31,34)35/h1-12,21H,(H3,28,29)(H2,30,33)(H2,31,34,35). The molecule has 1 amide bonds. The Hall–Kier alpha value is -4.23. The van der Waals surface area contributed by atoms with Gasteiger partial charge in [0.1, 0.15) is 11.5 Å². The van der Waals surface area contributed by atoms with E-state index in [0.717, 1.165) is 0 Å². The van der Waals surface area contributed by atoms with Crippen LogP contribution >= 0.6 is 0 Å². The summed E-state index contributed by atoms with van der Waals surface area (Å²) in [6.45, 7) is 0. The minimum absolute atomic E-state index is 0.0434. The molecule has 0 spiro atoms. The molecule has 0 saturated heterocycles. The van der Waals surface area contributed by atoms with Crippen molar-refractivity contribution in [2.75, 3.05) is 0 Å². The summed E-state index contributed by atoms with van der Waals surface area (Å²) >= 11 is 0. The molecule has 4 rings (SSSR count). The third-order valence-electron chi connectivity index (χ3n) is 5.99. The lowest BCUT2D eigenvalue weighted by atomic mass is 9.69. The molecule has 1 heterocycles. The molecule has 2 unspecified atom stereocenters. The zero-order chi connectivity index (χ0) is 27.2. The van der Waals surface area contributed by atoms with E-state index in [2.05, 4.69) is 5.16 Å². The van der Waals surface area contributed by atoms with Gasteiger partial charge < -0.3 is 16.3 Å². The van der Waals surface area contributed by atoms with Gasteiger partial charge in [0.05, 0.1) is 4.90 Å². The summed E-state index contributed by atoms with van der Waals surface area (Å²) in [5, 5.41) is 16.6. The number of primary sulfonamides is 1. The third kappa shape index (κ3) is 4.42. The van der Waals surface area contributed by atoms with Gasteiger partial charge in [0.15, 0.2) is 5.41 Å². The van der Waals surface area contributed by atoms with E-state index in [1.54, 1.807) is 6.07 Å². The maximum absolute atomic E-state index is 14.2. The molecule has 0 bridgehead atoms. The lowest BCUT2D eigenvalue weighted by molar-refractivity contribution is -0.226. The summed E-state index contributed by atoms with van der Waals surface area (Å²) in [5.74, 6) is -1.73.